The maximum Gasteiger partial charge on any atom is 0.120 e. The zero-order chi connectivity index (χ0) is 15.9. The van der Waals surface area contributed by atoms with Crippen LogP contribution in [-0.2, 0) is 17.8 Å². The maximum atomic E-state index is 6.03. The third-order valence-electron chi connectivity index (χ3n) is 4.40. The third-order valence-corrected chi connectivity index (χ3v) is 4.40. The molecule has 0 spiro atoms. The fraction of sp³-hybridized carbons (Fsp3) is 0.500. The number of hydrogen-bond donors (Lipinski definition) is 2. The van der Waals surface area contributed by atoms with Crippen molar-refractivity contribution >= 4 is 0 Å². The van der Waals surface area contributed by atoms with Crippen molar-refractivity contribution in [1.82, 2.24) is 20.2 Å². The average Bonchev–Trinajstić information content (AvgIpc) is 3.10. The van der Waals surface area contributed by atoms with Crippen LogP contribution in [0.5, 0.6) is 0 Å². The van der Waals surface area contributed by atoms with Gasteiger partial charge in [-0.3, -0.25) is 4.90 Å². The van der Waals surface area contributed by atoms with Gasteiger partial charge in [0, 0.05) is 38.1 Å². The van der Waals surface area contributed by atoms with Crippen LogP contribution in [0.1, 0.15) is 24.7 Å². The van der Waals surface area contributed by atoms with Crippen molar-refractivity contribution < 1.29 is 4.74 Å². The SMILES string of the molecule is CC[C@H](NCc1ncc[nH]1)[C@H]1CN(Cc2ccccc2)CCO1. The lowest BCUT2D eigenvalue weighted by molar-refractivity contribution is -0.0499. The first-order chi connectivity index (χ1) is 11.3. The van der Waals surface area contributed by atoms with Crippen LogP contribution in [0.15, 0.2) is 42.7 Å². The minimum absolute atomic E-state index is 0.229. The van der Waals surface area contributed by atoms with E-state index in [1.807, 2.05) is 6.20 Å². The Morgan fingerprint density at radius 2 is 2.26 bits per heavy atom. The quantitative estimate of drug-likeness (QED) is 0.822. The highest BCUT2D eigenvalue weighted by atomic mass is 16.5. The van der Waals surface area contributed by atoms with Crippen LogP contribution in [0.4, 0.5) is 0 Å². The molecule has 1 aromatic carbocycles. The van der Waals surface area contributed by atoms with Crippen molar-refractivity contribution in [3.05, 3.63) is 54.1 Å². The molecule has 2 aromatic rings. The topological polar surface area (TPSA) is 53.2 Å². The molecule has 5 nitrogen and oxygen atoms in total. The van der Waals surface area contributed by atoms with Gasteiger partial charge in [0.05, 0.1) is 19.3 Å². The molecule has 5 heteroatoms. The minimum atomic E-state index is 0.229. The van der Waals surface area contributed by atoms with Crippen LogP contribution in [0.3, 0.4) is 0 Å². The van der Waals surface area contributed by atoms with E-state index in [1.165, 1.54) is 5.56 Å². The van der Waals surface area contributed by atoms with Crippen LogP contribution in [0.25, 0.3) is 0 Å². The fourth-order valence-electron chi connectivity index (χ4n) is 3.12. The molecule has 124 valence electrons. The molecule has 3 rings (SSSR count). The van der Waals surface area contributed by atoms with Gasteiger partial charge in [0.25, 0.3) is 0 Å². The summed E-state index contributed by atoms with van der Waals surface area (Å²) in [5.74, 6) is 0.973. The number of rotatable bonds is 7. The smallest absolute Gasteiger partial charge is 0.120 e. The Hall–Kier alpha value is -1.69. The number of imidazole rings is 1. The number of hydrogen-bond acceptors (Lipinski definition) is 4. The second kappa shape index (κ2) is 8.24. The van der Waals surface area contributed by atoms with E-state index in [-0.39, 0.29) is 6.10 Å². The summed E-state index contributed by atoms with van der Waals surface area (Å²) in [4.78, 5) is 9.89. The van der Waals surface area contributed by atoms with Crippen molar-refractivity contribution in [1.29, 1.82) is 0 Å². The number of benzene rings is 1. The Bertz CT molecular complexity index is 558. The van der Waals surface area contributed by atoms with Crippen LogP contribution in [-0.4, -0.2) is 46.7 Å². The summed E-state index contributed by atoms with van der Waals surface area (Å²) in [6.07, 6.45) is 4.92. The maximum absolute atomic E-state index is 6.03. The molecule has 0 aliphatic carbocycles. The van der Waals surface area contributed by atoms with E-state index >= 15 is 0 Å². The Labute approximate surface area is 138 Å². The lowest BCUT2D eigenvalue weighted by atomic mass is 10.1. The fourth-order valence-corrected chi connectivity index (χ4v) is 3.12. The first kappa shape index (κ1) is 16.2. The van der Waals surface area contributed by atoms with Gasteiger partial charge in [-0.15, -0.1) is 0 Å². The molecule has 1 aliphatic rings. The molecule has 1 aliphatic heterocycles. The summed E-state index contributed by atoms with van der Waals surface area (Å²) >= 11 is 0. The van der Waals surface area contributed by atoms with Gasteiger partial charge in [0.1, 0.15) is 5.82 Å². The van der Waals surface area contributed by atoms with Crippen molar-refractivity contribution in [2.45, 2.75) is 38.6 Å². The standard InChI is InChI=1S/C18H26N4O/c1-2-16(21-12-18-19-8-9-20-18)17-14-22(10-11-23-17)13-15-6-4-3-5-7-15/h3-9,16-17,21H,2,10-14H2,1H3,(H,19,20)/t16-,17+/m0/s1. The predicted molar refractivity (Wildman–Crippen MR) is 91.0 cm³/mol. The molecule has 2 heterocycles. The monoisotopic (exact) mass is 314 g/mol. The Morgan fingerprint density at radius 3 is 3.00 bits per heavy atom. The van der Waals surface area contributed by atoms with Gasteiger partial charge < -0.3 is 15.0 Å². The second-order valence-corrected chi connectivity index (χ2v) is 6.06. The Kier molecular flexibility index (Phi) is 5.80. The van der Waals surface area contributed by atoms with Crippen molar-refractivity contribution in [3.63, 3.8) is 0 Å². The van der Waals surface area contributed by atoms with Crippen LogP contribution in [0, 0.1) is 0 Å². The first-order valence-corrected chi connectivity index (χ1v) is 8.44. The molecule has 0 bridgehead atoms. The Balaban J connectivity index is 1.53. The number of H-pyrrole nitrogens is 1. The molecular formula is C18H26N4O. The number of morpholine rings is 1. The molecule has 0 amide bonds. The molecule has 1 fully saturated rings. The lowest BCUT2D eigenvalue weighted by Crippen LogP contribution is -2.51. The van der Waals surface area contributed by atoms with E-state index in [0.717, 1.165) is 45.0 Å². The molecule has 0 radical (unpaired) electrons. The first-order valence-electron chi connectivity index (χ1n) is 8.44. The normalized spacial score (nSPS) is 20.5. The van der Waals surface area contributed by atoms with Crippen LogP contribution >= 0.6 is 0 Å². The molecule has 2 atom stereocenters. The summed E-state index contributed by atoms with van der Waals surface area (Å²) in [5.41, 5.74) is 1.37. The van der Waals surface area contributed by atoms with E-state index in [4.69, 9.17) is 4.74 Å². The predicted octanol–water partition coefficient (Wildman–Crippen LogP) is 2.18. The van der Waals surface area contributed by atoms with Crippen molar-refractivity contribution in [2.24, 2.45) is 0 Å². The van der Waals surface area contributed by atoms with E-state index in [0.29, 0.717) is 6.04 Å². The highest BCUT2D eigenvalue weighted by Crippen LogP contribution is 2.14. The van der Waals surface area contributed by atoms with Crippen molar-refractivity contribution in [3.8, 4) is 0 Å². The molecular weight excluding hydrogens is 288 g/mol. The van der Waals surface area contributed by atoms with Crippen LogP contribution < -0.4 is 5.32 Å². The Morgan fingerprint density at radius 1 is 1.39 bits per heavy atom. The molecule has 2 N–H and O–H groups in total. The summed E-state index contributed by atoms with van der Waals surface area (Å²) in [5, 5.41) is 3.58. The van der Waals surface area contributed by atoms with E-state index in [9.17, 15) is 0 Å². The lowest BCUT2D eigenvalue weighted by Gasteiger charge is -2.37. The summed E-state index contributed by atoms with van der Waals surface area (Å²) in [6, 6.07) is 11.0. The third kappa shape index (κ3) is 4.64. The van der Waals surface area contributed by atoms with Gasteiger partial charge in [-0.25, -0.2) is 4.98 Å². The average molecular weight is 314 g/mol. The number of nitrogens with zero attached hydrogens (tertiary/aromatic N) is 2. The highest BCUT2D eigenvalue weighted by Gasteiger charge is 2.27. The van der Waals surface area contributed by atoms with E-state index < -0.39 is 0 Å². The van der Waals surface area contributed by atoms with Gasteiger partial charge in [0.2, 0.25) is 0 Å². The number of ether oxygens (including phenoxy) is 1. The van der Waals surface area contributed by atoms with Gasteiger partial charge in [0.15, 0.2) is 0 Å². The molecule has 0 unspecified atom stereocenters. The zero-order valence-corrected chi connectivity index (χ0v) is 13.7. The van der Waals surface area contributed by atoms with Gasteiger partial charge in [-0.2, -0.15) is 0 Å². The van der Waals surface area contributed by atoms with Crippen LogP contribution in [0.2, 0.25) is 0 Å². The number of aromatic amines is 1. The van der Waals surface area contributed by atoms with Gasteiger partial charge in [-0.05, 0) is 12.0 Å². The van der Waals surface area contributed by atoms with Gasteiger partial charge >= 0.3 is 0 Å². The summed E-state index contributed by atoms with van der Waals surface area (Å²) in [6.45, 7) is 6.73. The van der Waals surface area contributed by atoms with E-state index in [2.05, 4.69) is 57.4 Å². The number of nitrogens with one attached hydrogen (secondary N) is 2. The molecule has 0 saturated carbocycles. The molecule has 1 aromatic heterocycles. The summed E-state index contributed by atoms with van der Waals surface area (Å²) in [7, 11) is 0. The highest BCUT2D eigenvalue weighted by molar-refractivity contribution is 5.14. The van der Waals surface area contributed by atoms with Crippen molar-refractivity contribution in [2.75, 3.05) is 19.7 Å². The molecule has 1 saturated heterocycles. The second-order valence-electron chi connectivity index (χ2n) is 6.06. The molecule has 23 heavy (non-hydrogen) atoms. The minimum Gasteiger partial charge on any atom is -0.374 e. The number of aromatic nitrogens is 2. The summed E-state index contributed by atoms with van der Waals surface area (Å²) < 4.78 is 6.03. The zero-order valence-electron chi connectivity index (χ0n) is 13.7. The van der Waals surface area contributed by atoms with Gasteiger partial charge in [-0.1, -0.05) is 37.3 Å². The largest absolute Gasteiger partial charge is 0.374 e. The van der Waals surface area contributed by atoms with E-state index in [1.54, 1.807) is 6.20 Å².